The molecule has 0 spiro atoms. The van der Waals surface area contributed by atoms with E-state index in [0.717, 1.165) is 0 Å². The van der Waals surface area contributed by atoms with Crippen LogP contribution in [0.4, 0.5) is 0 Å². The Balaban J connectivity index is 2.22. The van der Waals surface area contributed by atoms with Crippen molar-refractivity contribution < 1.29 is 9.59 Å². The summed E-state index contributed by atoms with van der Waals surface area (Å²) in [7, 11) is 0. The van der Waals surface area contributed by atoms with Crippen molar-refractivity contribution >= 4 is 11.8 Å². The van der Waals surface area contributed by atoms with Crippen molar-refractivity contribution in [3.8, 4) is 0 Å². The van der Waals surface area contributed by atoms with Crippen LogP contribution >= 0.6 is 0 Å². The molecule has 0 aromatic carbocycles. The van der Waals surface area contributed by atoms with Gasteiger partial charge in [0.2, 0.25) is 11.8 Å². The number of nitrogens with one attached hydrogen (secondary N) is 1. The maximum atomic E-state index is 11.1. The number of hydrogen-bond donors (Lipinski definition) is 2. The molecule has 1 rings (SSSR count). The molecule has 0 radical (unpaired) electrons. The van der Waals surface area contributed by atoms with E-state index >= 15 is 0 Å². The Morgan fingerprint density at radius 1 is 1.54 bits per heavy atom. The predicted octanol–water partition coefficient (Wildman–Crippen LogP) is -1.32. The lowest BCUT2D eigenvalue weighted by molar-refractivity contribution is -0.136. The zero-order chi connectivity index (χ0) is 10.0. The SMILES string of the molecule is CC(=O)N1CC(NC(=O)C(C)N)C1. The molecule has 3 N–H and O–H groups in total. The Morgan fingerprint density at radius 3 is 2.46 bits per heavy atom. The number of nitrogens with zero attached hydrogens (tertiary/aromatic N) is 1. The van der Waals surface area contributed by atoms with Crippen LogP contribution in [-0.2, 0) is 9.59 Å². The van der Waals surface area contributed by atoms with E-state index in [1.165, 1.54) is 6.92 Å². The first-order valence-electron chi connectivity index (χ1n) is 4.32. The summed E-state index contributed by atoms with van der Waals surface area (Å²) in [6.45, 7) is 4.36. The van der Waals surface area contributed by atoms with Crippen LogP contribution in [0.2, 0.25) is 0 Å². The molecule has 1 fully saturated rings. The minimum absolute atomic E-state index is 0.0475. The lowest BCUT2D eigenvalue weighted by Gasteiger charge is -2.39. The van der Waals surface area contributed by atoms with Gasteiger partial charge < -0.3 is 16.0 Å². The first kappa shape index (κ1) is 9.98. The average Bonchev–Trinajstić information content (AvgIpc) is 1.94. The van der Waals surface area contributed by atoms with Crippen LogP contribution in [0, 0.1) is 0 Å². The molecule has 1 heterocycles. The smallest absolute Gasteiger partial charge is 0.236 e. The summed E-state index contributed by atoms with van der Waals surface area (Å²) < 4.78 is 0. The minimum Gasteiger partial charge on any atom is -0.348 e. The largest absolute Gasteiger partial charge is 0.348 e. The number of nitrogens with two attached hydrogens (primary N) is 1. The molecule has 5 nitrogen and oxygen atoms in total. The molecular formula is C8H15N3O2. The van der Waals surface area contributed by atoms with Crippen molar-refractivity contribution in [3.05, 3.63) is 0 Å². The third kappa shape index (κ3) is 2.42. The summed E-state index contributed by atoms with van der Waals surface area (Å²) in [4.78, 5) is 23.5. The molecule has 0 aliphatic carbocycles. The predicted molar refractivity (Wildman–Crippen MR) is 47.8 cm³/mol. The summed E-state index contributed by atoms with van der Waals surface area (Å²) in [5, 5.41) is 2.74. The molecule has 13 heavy (non-hydrogen) atoms. The highest BCUT2D eigenvalue weighted by Gasteiger charge is 2.29. The Morgan fingerprint density at radius 2 is 2.08 bits per heavy atom. The number of amides is 2. The third-order valence-electron chi connectivity index (χ3n) is 2.09. The highest BCUT2D eigenvalue weighted by Crippen LogP contribution is 2.07. The zero-order valence-corrected chi connectivity index (χ0v) is 7.91. The highest BCUT2D eigenvalue weighted by atomic mass is 16.2. The maximum absolute atomic E-state index is 11.1. The van der Waals surface area contributed by atoms with Crippen molar-refractivity contribution in [3.63, 3.8) is 0 Å². The van der Waals surface area contributed by atoms with E-state index in [0.29, 0.717) is 13.1 Å². The van der Waals surface area contributed by atoms with Crippen LogP contribution in [0.1, 0.15) is 13.8 Å². The van der Waals surface area contributed by atoms with E-state index in [1.54, 1.807) is 11.8 Å². The molecule has 0 aromatic heterocycles. The number of rotatable bonds is 2. The maximum Gasteiger partial charge on any atom is 0.236 e. The molecule has 74 valence electrons. The second-order valence-corrected chi connectivity index (χ2v) is 3.42. The number of likely N-dealkylation sites (tertiary alicyclic amines) is 1. The van der Waals surface area contributed by atoms with Gasteiger partial charge in [-0.1, -0.05) is 0 Å². The van der Waals surface area contributed by atoms with Crippen LogP contribution in [0.3, 0.4) is 0 Å². The topological polar surface area (TPSA) is 75.4 Å². The Labute approximate surface area is 77.3 Å². The monoisotopic (exact) mass is 185 g/mol. The van der Waals surface area contributed by atoms with Crippen molar-refractivity contribution in [2.24, 2.45) is 5.73 Å². The van der Waals surface area contributed by atoms with Crippen molar-refractivity contribution in [2.45, 2.75) is 25.9 Å². The van der Waals surface area contributed by atoms with Gasteiger partial charge in [-0.2, -0.15) is 0 Å². The van der Waals surface area contributed by atoms with E-state index in [2.05, 4.69) is 5.32 Å². The normalized spacial score (nSPS) is 19.2. The van der Waals surface area contributed by atoms with E-state index in [1.807, 2.05) is 0 Å². The molecule has 5 heteroatoms. The highest BCUT2D eigenvalue weighted by molar-refractivity contribution is 5.82. The molecule has 1 aliphatic rings. The lowest BCUT2D eigenvalue weighted by atomic mass is 10.1. The molecule has 0 bridgehead atoms. The van der Waals surface area contributed by atoms with Crippen LogP contribution in [-0.4, -0.2) is 41.9 Å². The Kier molecular flexibility index (Phi) is 2.87. The number of carbonyl (C=O) groups excluding carboxylic acids is 2. The lowest BCUT2D eigenvalue weighted by Crippen LogP contribution is -2.62. The van der Waals surface area contributed by atoms with Gasteiger partial charge in [-0.3, -0.25) is 9.59 Å². The summed E-state index contributed by atoms with van der Waals surface area (Å²) in [5.74, 6) is -0.112. The van der Waals surface area contributed by atoms with E-state index in [9.17, 15) is 9.59 Å². The summed E-state index contributed by atoms with van der Waals surface area (Å²) >= 11 is 0. The van der Waals surface area contributed by atoms with Gasteiger partial charge in [0.25, 0.3) is 0 Å². The van der Waals surface area contributed by atoms with Crippen LogP contribution in [0.5, 0.6) is 0 Å². The molecule has 1 saturated heterocycles. The van der Waals surface area contributed by atoms with E-state index in [-0.39, 0.29) is 17.9 Å². The van der Waals surface area contributed by atoms with Gasteiger partial charge in [0.15, 0.2) is 0 Å². The van der Waals surface area contributed by atoms with Crippen LogP contribution in [0.25, 0.3) is 0 Å². The molecule has 0 aromatic rings. The van der Waals surface area contributed by atoms with E-state index < -0.39 is 6.04 Å². The van der Waals surface area contributed by atoms with Crippen molar-refractivity contribution in [1.29, 1.82) is 0 Å². The first-order chi connectivity index (χ1) is 6.00. The minimum atomic E-state index is -0.480. The summed E-state index contributed by atoms with van der Waals surface area (Å²) in [5.41, 5.74) is 5.36. The van der Waals surface area contributed by atoms with Gasteiger partial charge >= 0.3 is 0 Å². The second-order valence-electron chi connectivity index (χ2n) is 3.42. The Hall–Kier alpha value is -1.10. The zero-order valence-electron chi connectivity index (χ0n) is 7.91. The molecule has 0 saturated carbocycles. The Bertz CT molecular complexity index is 221. The summed E-state index contributed by atoms with van der Waals surface area (Å²) in [6.07, 6.45) is 0. The van der Waals surface area contributed by atoms with E-state index in [4.69, 9.17) is 5.73 Å². The molecule has 2 amide bonds. The second kappa shape index (κ2) is 3.74. The fourth-order valence-corrected chi connectivity index (χ4v) is 1.16. The van der Waals surface area contributed by atoms with Gasteiger partial charge in [0, 0.05) is 20.0 Å². The van der Waals surface area contributed by atoms with Crippen LogP contribution in [0.15, 0.2) is 0 Å². The van der Waals surface area contributed by atoms with Crippen molar-refractivity contribution in [2.75, 3.05) is 13.1 Å². The standard InChI is InChI=1S/C8H15N3O2/c1-5(9)8(13)10-7-3-11(4-7)6(2)12/h5,7H,3-4,9H2,1-2H3,(H,10,13). The van der Waals surface area contributed by atoms with Crippen molar-refractivity contribution in [1.82, 2.24) is 10.2 Å². The fourth-order valence-electron chi connectivity index (χ4n) is 1.16. The van der Waals surface area contributed by atoms with Gasteiger partial charge in [-0.25, -0.2) is 0 Å². The van der Waals surface area contributed by atoms with Gasteiger partial charge in [0.05, 0.1) is 12.1 Å². The number of carbonyl (C=O) groups is 2. The van der Waals surface area contributed by atoms with Crippen LogP contribution < -0.4 is 11.1 Å². The molecule has 1 unspecified atom stereocenters. The first-order valence-corrected chi connectivity index (χ1v) is 4.32. The molecular weight excluding hydrogens is 170 g/mol. The molecule has 1 atom stereocenters. The quantitative estimate of drug-likeness (QED) is 0.560. The van der Waals surface area contributed by atoms with Gasteiger partial charge in [-0.05, 0) is 6.92 Å². The fraction of sp³-hybridized carbons (Fsp3) is 0.750. The third-order valence-corrected chi connectivity index (χ3v) is 2.09. The van der Waals surface area contributed by atoms with Gasteiger partial charge in [0.1, 0.15) is 0 Å². The summed E-state index contributed by atoms with van der Waals surface area (Å²) in [6, 6.07) is -0.395. The van der Waals surface area contributed by atoms with Gasteiger partial charge in [-0.15, -0.1) is 0 Å². The number of hydrogen-bond acceptors (Lipinski definition) is 3. The average molecular weight is 185 g/mol. The molecule has 1 aliphatic heterocycles.